The molecular weight excluding hydrogens is 316 g/mol. The molecule has 0 saturated carbocycles. The van der Waals surface area contributed by atoms with Crippen molar-refractivity contribution in [3.05, 3.63) is 24.3 Å². The van der Waals surface area contributed by atoms with Crippen LogP contribution < -0.4 is 9.47 Å². The van der Waals surface area contributed by atoms with E-state index in [1.165, 1.54) is 44.9 Å². The molecule has 0 unspecified atom stereocenters. The Bertz CT molecular complexity index is 324. The maximum atomic E-state index is 5.70. The molecule has 1 aromatic rings. The summed E-state index contributed by atoms with van der Waals surface area (Å²) in [5, 5.41) is 1.15. The average molecular weight is 343 g/mol. The summed E-state index contributed by atoms with van der Waals surface area (Å²) in [5.74, 6) is 1.80. The fourth-order valence-corrected chi connectivity index (χ4v) is 2.52. The van der Waals surface area contributed by atoms with E-state index in [4.69, 9.17) is 9.47 Å². The van der Waals surface area contributed by atoms with Crippen LogP contribution in [0.25, 0.3) is 0 Å². The Morgan fingerprint density at radius 3 is 1.80 bits per heavy atom. The molecule has 1 rings (SSSR count). The van der Waals surface area contributed by atoms with Crippen molar-refractivity contribution in [1.82, 2.24) is 0 Å². The summed E-state index contributed by atoms with van der Waals surface area (Å²) in [7, 11) is 1.68. The second kappa shape index (κ2) is 12.1. The van der Waals surface area contributed by atoms with Crippen molar-refractivity contribution in [2.45, 2.75) is 51.4 Å². The molecule has 0 bridgehead atoms. The smallest absolute Gasteiger partial charge is 0.119 e. The lowest BCUT2D eigenvalue weighted by molar-refractivity contribution is 0.303. The van der Waals surface area contributed by atoms with Gasteiger partial charge in [0.25, 0.3) is 0 Å². The highest BCUT2D eigenvalue weighted by Gasteiger charge is 1.96. The minimum Gasteiger partial charge on any atom is -0.497 e. The zero-order chi connectivity index (χ0) is 14.5. The van der Waals surface area contributed by atoms with E-state index >= 15 is 0 Å². The number of alkyl halides is 1. The Hall–Kier alpha value is -0.700. The maximum absolute atomic E-state index is 5.70. The van der Waals surface area contributed by atoms with Gasteiger partial charge in [-0.05, 0) is 37.1 Å². The summed E-state index contributed by atoms with van der Waals surface area (Å²) < 4.78 is 10.8. The summed E-state index contributed by atoms with van der Waals surface area (Å²) in [6.07, 6.45) is 10.6. The van der Waals surface area contributed by atoms with Crippen LogP contribution in [0.1, 0.15) is 51.4 Å². The predicted molar refractivity (Wildman–Crippen MR) is 89.2 cm³/mol. The van der Waals surface area contributed by atoms with Gasteiger partial charge in [0.15, 0.2) is 0 Å². The number of hydrogen-bond acceptors (Lipinski definition) is 2. The number of halogens is 1. The third-order valence-electron chi connectivity index (χ3n) is 3.36. The molecule has 2 nitrogen and oxygen atoms in total. The fraction of sp³-hybridized carbons (Fsp3) is 0.647. The Labute approximate surface area is 132 Å². The zero-order valence-electron chi connectivity index (χ0n) is 12.6. The lowest BCUT2D eigenvalue weighted by Gasteiger charge is -2.07. The average Bonchev–Trinajstić information content (AvgIpc) is 2.50. The van der Waals surface area contributed by atoms with E-state index in [0.717, 1.165) is 29.9 Å². The van der Waals surface area contributed by atoms with Gasteiger partial charge in [-0.3, -0.25) is 0 Å². The van der Waals surface area contributed by atoms with Crippen molar-refractivity contribution in [3.8, 4) is 11.5 Å². The molecule has 0 radical (unpaired) electrons. The van der Waals surface area contributed by atoms with Gasteiger partial charge in [0.1, 0.15) is 11.5 Å². The van der Waals surface area contributed by atoms with E-state index in [0.29, 0.717) is 0 Å². The van der Waals surface area contributed by atoms with Crippen LogP contribution in [0.4, 0.5) is 0 Å². The number of benzene rings is 1. The summed E-state index contributed by atoms with van der Waals surface area (Å²) >= 11 is 3.47. The predicted octanol–water partition coefficient (Wildman–Crippen LogP) is 5.59. The van der Waals surface area contributed by atoms with Crippen LogP contribution in [0.15, 0.2) is 24.3 Å². The van der Waals surface area contributed by atoms with Gasteiger partial charge in [0, 0.05) is 5.33 Å². The van der Waals surface area contributed by atoms with Crippen LogP contribution in [-0.2, 0) is 0 Å². The standard InChI is InChI=1S/C17H27BrO2/c1-19-16-10-12-17(13-11-16)20-15-9-7-5-3-2-4-6-8-14-18/h10-13H,2-9,14-15H2,1H3. The Kier molecular flexibility index (Phi) is 10.5. The van der Waals surface area contributed by atoms with Gasteiger partial charge >= 0.3 is 0 Å². The highest BCUT2D eigenvalue weighted by molar-refractivity contribution is 9.09. The van der Waals surface area contributed by atoms with Crippen molar-refractivity contribution in [2.75, 3.05) is 19.0 Å². The Balaban J connectivity index is 1.91. The Morgan fingerprint density at radius 2 is 1.25 bits per heavy atom. The summed E-state index contributed by atoms with van der Waals surface area (Å²) in [6.45, 7) is 0.815. The molecule has 0 aliphatic heterocycles. The fourth-order valence-electron chi connectivity index (χ4n) is 2.12. The van der Waals surface area contributed by atoms with Crippen molar-refractivity contribution in [1.29, 1.82) is 0 Å². The molecule has 0 spiro atoms. The quantitative estimate of drug-likeness (QED) is 0.364. The van der Waals surface area contributed by atoms with Crippen LogP contribution in [0.5, 0.6) is 11.5 Å². The molecule has 3 heteroatoms. The molecule has 0 aromatic heterocycles. The van der Waals surface area contributed by atoms with Crippen molar-refractivity contribution in [2.24, 2.45) is 0 Å². The van der Waals surface area contributed by atoms with E-state index in [2.05, 4.69) is 15.9 Å². The largest absolute Gasteiger partial charge is 0.497 e. The highest BCUT2D eigenvalue weighted by Crippen LogP contribution is 2.17. The normalized spacial score (nSPS) is 10.5. The number of hydrogen-bond donors (Lipinski definition) is 0. The van der Waals surface area contributed by atoms with E-state index < -0.39 is 0 Å². The SMILES string of the molecule is COc1ccc(OCCCCCCCCCCBr)cc1. The van der Waals surface area contributed by atoms with Gasteiger partial charge in [0.05, 0.1) is 13.7 Å². The van der Waals surface area contributed by atoms with E-state index in [9.17, 15) is 0 Å². The van der Waals surface area contributed by atoms with Crippen LogP contribution >= 0.6 is 15.9 Å². The lowest BCUT2D eigenvalue weighted by atomic mass is 10.1. The third-order valence-corrected chi connectivity index (χ3v) is 3.92. The molecule has 0 fully saturated rings. The molecular formula is C17H27BrO2. The molecule has 114 valence electrons. The molecule has 1 aromatic carbocycles. The summed E-state index contributed by atoms with van der Waals surface area (Å²) in [4.78, 5) is 0. The molecule has 0 saturated heterocycles. The monoisotopic (exact) mass is 342 g/mol. The third kappa shape index (κ3) is 8.47. The van der Waals surface area contributed by atoms with Gasteiger partial charge in [-0.15, -0.1) is 0 Å². The first-order valence-corrected chi connectivity index (χ1v) is 8.82. The van der Waals surface area contributed by atoms with Crippen LogP contribution in [0.2, 0.25) is 0 Å². The first-order valence-electron chi connectivity index (χ1n) is 7.69. The maximum Gasteiger partial charge on any atom is 0.119 e. The van der Waals surface area contributed by atoms with Crippen molar-refractivity contribution < 1.29 is 9.47 Å². The van der Waals surface area contributed by atoms with Gasteiger partial charge in [-0.25, -0.2) is 0 Å². The minimum atomic E-state index is 0.815. The topological polar surface area (TPSA) is 18.5 Å². The highest BCUT2D eigenvalue weighted by atomic mass is 79.9. The second-order valence-electron chi connectivity index (χ2n) is 5.04. The van der Waals surface area contributed by atoms with Gasteiger partial charge in [0.2, 0.25) is 0 Å². The molecule has 0 aliphatic carbocycles. The second-order valence-corrected chi connectivity index (χ2v) is 5.83. The number of ether oxygens (including phenoxy) is 2. The minimum absolute atomic E-state index is 0.815. The molecule has 0 N–H and O–H groups in total. The van der Waals surface area contributed by atoms with E-state index in [1.54, 1.807) is 7.11 Å². The van der Waals surface area contributed by atoms with Gasteiger partial charge in [-0.1, -0.05) is 54.5 Å². The number of methoxy groups -OCH3 is 1. The van der Waals surface area contributed by atoms with Crippen LogP contribution in [-0.4, -0.2) is 19.0 Å². The van der Waals surface area contributed by atoms with Gasteiger partial charge < -0.3 is 9.47 Å². The first-order chi connectivity index (χ1) is 9.86. The summed E-state index contributed by atoms with van der Waals surface area (Å²) in [5.41, 5.74) is 0. The van der Waals surface area contributed by atoms with Crippen molar-refractivity contribution >= 4 is 15.9 Å². The lowest BCUT2D eigenvalue weighted by Crippen LogP contribution is -1.97. The van der Waals surface area contributed by atoms with Crippen LogP contribution in [0.3, 0.4) is 0 Å². The Morgan fingerprint density at radius 1 is 0.750 bits per heavy atom. The van der Waals surface area contributed by atoms with E-state index in [-0.39, 0.29) is 0 Å². The molecule has 0 aliphatic rings. The van der Waals surface area contributed by atoms with E-state index in [1.807, 2.05) is 24.3 Å². The zero-order valence-corrected chi connectivity index (χ0v) is 14.2. The molecule has 20 heavy (non-hydrogen) atoms. The number of unbranched alkanes of at least 4 members (excludes halogenated alkanes) is 7. The number of rotatable bonds is 12. The molecule has 0 heterocycles. The van der Waals surface area contributed by atoms with Crippen molar-refractivity contribution in [3.63, 3.8) is 0 Å². The molecule has 0 atom stereocenters. The molecule has 0 amide bonds. The summed E-state index contributed by atoms with van der Waals surface area (Å²) in [6, 6.07) is 7.79. The van der Waals surface area contributed by atoms with Gasteiger partial charge in [-0.2, -0.15) is 0 Å². The van der Waals surface area contributed by atoms with Crippen LogP contribution in [0, 0.1) is 0 Å². The first kappa shape index (κ1) is 17.4.